The third-order valence-corrected chi connectivity index (χ3v) is 3.74. The maximum atomic E-state index is 11.9. The van der Waals surface area contributed by atoms with Gasteiger partial charge in [0.05, 0.1) is 0 Å². The second-order valence-electron chi connectivity index (χ2n) is 5.03. The summed E-state index contributed by atoms with van der Waals surface area (Å²) in [5.41, 5.74) is -0.136. The molecule has 0 saturated carbocycles. The molecular weight excluding hydrogens is 208 g/mol. The molecule has 1 fully saturated rings. The highest BCUT2D eigenvalue weighted by molar-refractivity contribution is 8.00. The van der Waals surface area contributed by atoms with Crippen molar-refractivity contribution in [3.05, 3.63) is 0 Å². The van der Waals surface area contributed by atoms with Crippen LogP contribution < -0.4 is 5.32 Å². The summed E-state index contributed by atoms with van der Waals surface area (Å²) >= 11 is 1.98. The van der Waals surface area contributed by atoms with E-state index in [-0.39, 0.29) is 11.6 Å². The number of carbonyl (C=O) groups is 1. The van der Waals surface area contributed by atoms with Crippen LogP contribution in [0.3, 0.4) is 0 Å². The highest BCUT2D eigenvalue weighted by atomic mass is 32.2. The molecule has 1 atom stereocenters. The van der Waals surface area contributed by atoms with Crippen molar-refractivity contribution >= 4 is 17.8 Å². The summed E-state index contributed by atoms with van der Waals surface area (Å²) in [6.45, 7) is 10.00. The van der Waals surface area contributed by atoms with Gasteiger partial charge < -0.3 is 10.2 Å². The normalized spacial score (nSPS) is 22.7. The van der Waals surface area contributed by atoms with Crippen molar-refractivity contribution in [3.8, 4) is 0 Å². The first-order valence-electron chi connectivity index (χ1n) is 5.61. The van der Waals surface area contributed by atoms with Gasteiger partial charge in [-0.15, -0.1) is 0 Å². The molecule has 0 radical (unpaired) electrons. The van der Waals surface area contributed by atoms with Crippen LogP contribution in [0.2, 0.25) is 0 Å². The lowest BCUT2D eigenvalue weighted by Crippen LogP contribution is -2.52. The molecule has 0 aromatic rings. The highest BCUT2D eigenvalue weighted by Gasteiger charge is 2.25. The van der Waals surface area contributed by atoms with Crippen molar-refractivity contribution in [1.29, 1.82) is 0 Å². The van der Waals surface area contributed by atoms with Gasteiger partial charge in [0, 0.05) is 29.6 Å². The number of hydrogen-bond donors (Lipinski definition) is 1. The number of nitrogens with zero attached hydrogens (tertiary/aromatic N) is 1. The minimum absolute atomic E-state index is 0.0845. The predicted molar refractivity (Wildman–Crippen MR) is 66.4 cm³/mol. The quantitative estimate of drug-likeness (QED) is 0.750. The minimum Gasteiger partial charge on any atom is -0.333 e. The Morgan fingerprint density at radius 1 is 1.53 bits per heavy atom. The van der Waals surface area contributed by atoms with E-state index in [2.05, 4.69) is 12.2 Å². The smallest absolute Gasteiger partial charge is 0.317 e. The molecule has 2 amide bonds. The summed E-state index contributed by atoms with van der Waals surface area (Å²) in [5, 5.41) is 3.63. The molecule has 1 aliphatic heterocycles. The van der Waals surface area contributed by atoms with E-state index in [0.717, 1.165) is 25.3 Å². The number of urea groups is 1. The number of carbonyl (C=O) groups excluding carboxylic acids is 1. The van der Waals surface area contributed by atoms with Gasteiger partial charge in [-0.2, -0.15) is 11.8 Å². The summed E-state index contributed by atoms with van der Waals surface area (Å²) in [4.78, 5) is 13.8. The average molecular weight is 230 g/mol. The summed E-state index contributed by atoms with van der Waals surface area (Å²) in [6.07, 6.45) is 1.14. The van der Waals surface area contributed by atoms with Crippen LogP contribution in [-0.2, 0) is 0 Å². The molecule has 0 aliphatic carbocycles. The Labute approximate surface area is 97.0 Å². The zero-order chi connectivity index (χ0) is 11.5. The van der Waals surface area contributed by atoms with Gasteiger partial charge in [0.2, 0.25) is 0 Å². The van der Waals surface area contributed by atoms with Crippen LogP contribution >= 0.6 is 11.8 Å². The fraction of sp³-hybridized carbons (Fsp3) is 0.909. The Balaban J connectivity index is 2.45. The molecule has 3 nitrogen and oxygen atoms in total. The molecule has 1 aliphatic rings. The Bertz CT molecular complexity index is 225. The Kier molecular flexibility index (Phi) is 4.32. The summed E-state index contributed by atoms with van der Waals surface area (Å²) in [6, 6.07) is 0.0845. The number of thioether (sulfide) groups is 1. The molecule has 4 heteroatoms. The van der Waals surface area contributed by atoms with Crippen molar-refractivity contribution in [1.82, 2.24) is 10.2 Å². The minimum atomic E-state index is -0.136. The van der Waals surface area contributed by atoms with Crippen LogP contribution in [0.4, 0.5) is 4.79 Å². The molecule has 15 heavy (non-hydrogen) atoms. The van der Waals surface area contributed by atoms with E-state index in [4.69, 9.17) is 0 Å². The largest absolute Gasteiger partial charge is 0.333 e. The van der Waals surface area contributed by atoms with E-state index >= 15 is 0 Å². The number of nitrogens with one attached hydrogen (secondary N) is 1. The van der Waals surface area contributed by atoms with E-state index in [1.807, 2.05) is 37.4 Å². The van der Waals surface area contributed by atoms with Gasteiger partial charge in [0.25, 0.3) is 0 Å². The van der Waals surface area contributed by atoms with Gasteiger partial charge in [-0.25, -0.2) is 4.79 Å². The molecule has 0 spiro atoms. The zero-order valence-electron chi connectivity index (χ0n) is 10.2. The van der Waals surface area contributed by atoms with Crippen molar-refractivity contribution in [2.24, 2.45) is 0 Å². The van der Waals surface area contributed by atoms with E-state index in [9.17, 15) is 4.79 Å². The van der Waals surface area contributed by atoms with Gasteiger partial charge in [-0.3, -0.25) is 0 Å². The van der Waals surface area contributed by atoms with Crippen LogP contribution in [0.15, 0.2) is 0 Å². The second kappa shape index (κ2) is 5.10. The molecule has 1 unspecified atom stereocenters. The number of rotatable bonds is 1. The zero-order valence-corrected chi connectivity index (χ0v) is 11.0. The third kappa shape index (κ3) is 4.33. The Morgan fingerprint density at radius 2 is 2.20 bits per heavy atom. The number of hydrogen-bond acceptors (Lipinski definition) is 2. The molecule has 0 aromatic carbocycles. The maximum absolute atomic E-state index is 11.9. The first kappa shape index (κ1) is 12.7. The third-order valence-electron chi connectivity index (χ3n) is 2.36. The van der Waals surface area contributed by atoms with Crippen LogP contribution in [0, 0.1) is 0 Å². The van der Waals surface area contributed by atoms with Crippen LogP contribution in [0.1, 0.15) is 34.1 Å². The van der Waals surface area contributed by atoms with Crippen molar-refractivity contribution in [2.75, 3.05) is 18.8 Å². The average Bonchev–Trinajstić information content (AvgIpc) is 2.15. The van der Waals surface area contributed by atoms with Gasteiger partial charge in [0.15, 0.2) is 0 Å². The lowest BCUT2D eigenvalue weighted by Gasteiger charge is -2.34. The summed E-state index contributed by atoms with van der Waals surface area (Å²) in [5.74, 6) is 1.07. The first-order valence-corrected chi connectivity index (χ1v) is 6.66. The van der Waals surface area contributed by atoms with Gasteiger partial charge in [-0.05, 0) is 27.2 Å². The lowest BCUT2D eigenvalue weighted by molar-refractivity contribution is 0.190. The molecule has 88 valence electrons. The van der Waals surface area contributed by atoms with E-state index in [1.165, 1.54) is 0 Å². The van der Waals surface area contributed by atoms with Crippen molar-refractivity contribution in [3.63, 3.8) is 0 Å². The Hall–Kier alpha value is -0.380. The Morgan fingerprint density at radius 3 is 2.73 bits per heavy atom. The molecular formula is C11H22N2OS. The predicted octanol–water partition coefficient (Wildman–Crippen LogP) is 2.32. The molecule has 1 heterocycles. The van der Waals surface area contributed by atoms with Gasteiger partial charge in [-0.1, -0.05) is 6.92 Å². The topological polar surface area (TPSA) is 32.3 Å². The first-order chi connectivity index (χ1) is 6.92. The molecule has 1 N–H and O–H groups in total. The lowest BCUT2D eigenvalue weighted by atomic mass is 10.1. The van der Waals surface area contributed by atoms with Crippen LogP contribution in [-0.4, -0.2) is 40.6 Å². The molecule has 1 saturated heterocycles. The molecule has 0 aromatic heterocycles. The van der Waals surface area contributed by atoms with Gasteiger partial charge >= 0.3 is 6.03 Å². The van der Waals surface area contributed by atoms with E-state index in [0.29, 0.717) is 5.25 Å². The summed E-state index contributed by atoms with van der Waals surface area (Å²) < 4.78 is 0. The maximum Gasteiger partial charge on any atom is 0.317 e. The van der Waals surface area contributed by atoms with Crippen molar-refractivity contribution in [2.45, 2.75) is 44.9 Å². The fourth-order valence-corrected chi connectivity index (χ4v) is 2.73. The molecule has 0 bridgehead atoms. The van der Waals surface area contributed by atoms with E-state index < -0.39 is 0 Å². The van der Waals surface area contributed by atoms with Crippen LogP contribution in [0.5, 0.6) is 0 Å². The van der Waals surface area contributed by atoms with Crippen molar-refractivity contribution < 1.29 is 4.79 Å². The molecule has 1 rings (SSSR count). The number of amides is 2. The second-order valence-corrected chi connectivity index (χ2v) is 6.44. The standard InChI is InChI=1S/C11H22N2OS/c1-5-9-8-13(6-7-15-9)10(14)12-11(2,3)4/h9H,5-8H2,1-4H3,(H,12,14). The van der Waals surface area contributed by atoms with Crippen LogP contribution in [0.25, 0.3) is 0 Å². The highest BCUT2D eigenvalue weighted by Crippen LogP contribution is 2.21. The fourth-order valence-electron chi connectivity index (χ4n) is 1.55. The monoisotopic (exact) mass is 230 g/mol. The van der Waals surface area contributed by atoms with E-state index in [1.54, 1.807) is 0 Å². The van der Waals surface area contributed by atoms with Gasteiger partial charge in [0.1, 0.15) is 0 Å². The summed E-state index contributed by atoms with van der Waals surface area (Å²) in [7, 11) is 0. The SMILES string of the molecule is CCC1CN(C(=O)NC(C)(C)C)CCS1.